The van der Waals surface area contributed by atoms with E-state index in [1.54, 1.807) is 48.5 Å². The first-order valence-electron chi connectivity index (χ1n) is 13.7. The molecule has 0 atom stereocenters. The van der Waals surface area contributed by atoms with E-state index in [1.807, 2.05) is 0 Å². The second kappa shape index (κ2) is 14.1. The number of hydrogen-bond donors (Lipinski definition) is 6. The van der Waals surface area contributed by atoms with Crippen molar-refractivity contribution in [2.24, 2.45) is 0 Å². The van der Waals surface area contributed by atoms with Crippen LogP contribution in [0, 0.1) is 0 Å². The highest BCUT2D eigenvalue weighted by atomic mass is 16.5. The summed E-state index contributed by atoms with van der Waals surface area (Å²) in [7, 11) is 0. The Balaban J connectivity index is 1.17. The highest BCUT2D eigenvalue weighted by Gasteiger charge is 2.15. The number of aromatic hydroxyl groups is 2. The average molecular weight is 619 g/mol. The number of carbonyl (C=O) groups excluding carboxylic acids is 4. The Morgan fingerprint density at radius 2 is 0.783 bits per heavy atom. The van der Waals surface area contributed by atoms with E-state index in [1.165, 1.54) is 72.8 Å². The quantitative estimate of drug-likeness (QED) is 0.0810. The fourth-order valence-corrected chi connectivity index (χ4v) is 4.13. The number of nitrogens with one attached hydrogen (secondary N) is 4. The Kier molecular flexibility index (Phi) is 9.39. The summed E-state index contributed by atoms with van der Waals surface area (Å²) in [5.41, 5.74) is 1.61. The first-order valence-corrected chi connectivity index (χ1v) is 13.7. The normalized spacial score (nSPS) is 10.3. The standard InChI is InChI=1S/C34H26N4O8/c39-27-12-2-8-23(17-27)35-33(43)37-25-10-4-14-29(19-25)45-31(41)21-6-1-7-22(16-21)32(42)46-30-15-5-11-26(20-30)38-34(44)36-24-9-3-13-28(40)18-24/h1-20,39-40H,(H2,35,37,43)(H2,36,38,44). The molecule has 0 fully saturated rings. The van der Waals surface area contributed by atoms with Crippen molar-refractivity contribution in [1.29, 1.82) is 0 Å². The van der Waals surface area contributed by atoms with Crippen LogP contribution in [0.15, 0.2) is 121 Å². The third-order valence-electron chi connectivity index (χ3n) is 6.15. The molecular weight excluding hydrogens is 592 g/mol. The zero-order valence-electron chi connectivity index (χ0n) is 23.9. The first-order chi connectivity index (χ1) is 22.2. The smallest absolute Gasteiger partial charge is 0.343 e. The summed E-state index contributed by atoms with van der Waals surface area (Å²) in [6, 6.07) is 29.0. The van der Waals surface area contributed by atoms with Crippen molar-refractivity contribution >= 4 is 46.8 Å². The van der Waals surface area contributed by atoms with Gasteiger partial charge in [-0.05, 0) is 66.7 Å². The number of rotatable bonds is 8. The summed E-state index contributed by atoms with van der Waals surface area (Å²) in [4.78, 5) is 50.5. The molecule has 0 radical (unpaired) electrons. The summed E-state index contributed by atoms with van der Waals surface area (Å²) in [6.07, 6.45) is 0. The van der Waals surface area contributed by atoms with Crippen LogP contribution in [-0.4, -0.2) is 34.2 Å². The third kappa shape index (κ3) is 8.61. The molecule has 5 aromatic carbocycles. The summed E-state index contributed by atoms with van der Waals surface area (Å²) in [5.74, 6) is -1.21. The molecule has 0 bridgehead atoms. The SMILES string of the molecule is O=C(Nc1cccc(O)c1)Nc1cccc(OC(=O)c2cccc(C(=O)Oc3cccc(NC(=O)Nc4cccc(O)c4)c3)c2)c1. The minimum absolute atomic E-state index is 0.000173. The van der Waals surface area contributed by atoms with E-state index in [2.05, 4.69) is 21.3 Å². The van der Waals surface area contributed by atoms with E-state index in [4.69, 9.17) is 9.47 Å². The fraction of sp³-hybridized carbons (Fsp3) is 0. The van der Waals surface area contributed by atoms with Crippen molar-refractivity contribution in [2.45, 2.75) is 0 Å². The number of esters is 2. The van der Waals surface area contributed by atoms with Crippen LogP contribution < -0.4 is 30.7 Å². The van der Waals surface area contributed by atoms with E-state index in [0.29, 0.717) is 22.7 Å². The van der Waals surface area contributed by atoms with Crippen LogP contribution >= 0.6 is 0 Å². The molecule has 0 aromatic heterocycles. The highest BCUT2D eigenvalue weighted by molar-refractivity contribution is 6.01. The Bertz CT molecular complexity index is 1790. The number of benzene rings is 5. The zero-order valence-corrected chi connectivity index (χ0v) is 23.9. The summed E-state index contributed by atoms with van der Waals surface area (Å²) in [5, 5.41) is 29.5. The molecule has 0 aliphatic carbocycles. The number of urea groups is 2. The molecule has 0 heterocycles. The maximum atomic E-state index is 12.9. The second-order valence-electron chi connectivity index (χ2n) is 9.67. The molecule has 0 aliphatic rings. The van der Waals surface area contributed by atoms with Gasteiger partial charge in [0.2, 0.25) is 0 Å². The zero-order chi connectivity index (χ0) is 32.5. The molecule has 0 aliphatic heterocycles. The number of ether oxygens (including phenoxy) is 2. The number of hydrogen-bond acceptors (Lipinski definition) is 8. The Morgan fingerprint density at radius 1 is 0.435 bits per heavy atom. The van der Waals surface area contributed by atoms with Crippen molar-refractivity contribution in [3.05, 3.63) is 132 Å². The van der Waals surface area contributed by atoms with Crippen LogP contribution in [0.5, 0.6) is 23.0 Å². The van der Waals surface area contributed by atoms with Crippen molar-refractivity contribution < 1.29 is 38.9 Å². The minimum Gasteiger partial charge on any atom is -0.508 e. The molecule has 230 valence electrons. The van der Waals surface area contributed by atoms with Crippen LogP contribution in [0.3, 0.4) is 0 Å². The maximum absolute atomic E-state index is 12.9. The van der Waals surface area contributed by atoms with Crippen LogP contribution in [-0.2, 0) is 0 Å². The van der Waals surface area contributed by atoms with Gasteiger partial charge in [-0.2, -0.15) is 0 Å². The predicted molar refractivity (Wildman–Crippen MR) is 171 cm³/mol. The van der Waals surface area contributed by atoms with E-state index < -0.39 is 24.0 Å². The molecule has 4 amide bonds. The maximum Gasteiger partial charge on any atom is 0.343 e. The number of phenols is 2. The Morgan fingerprint density at radius 3 is 1.17 bits per heavy atom. The summed E-state index contributed by atoms with van der Waals surface area (Å²) >= 11 is 0. The van der Waals surface area contributed by atoms with Crippen molar-refractivity contribution in [3.63, 3.8) is 0 Å². The van der Waals surface area contributed by atoms with Gasteiger partial charge in [0.15, 0.2) is 0 Å². The molecule has 5 aromatic rings. The van der Waals surface area contributed by atoms with Crippen molar-refractivity contribution in [1.82, 2.24) is 0 Å². The molecular formula is C34H26N4O8. The lowest BCUT2D eigenvalue weighted by molar-refractivity contribution is 0.0734. The van der Waals surface area contributed by atoms with Gasteiger partial charge in [0.1, 0.15) is 23.0 Å². The second-order valence-corrected chi connectivity index (χ2v) is 9.67. The van der Waals surface area contributed by atoms with Gasteiger partial charge in [-0.3, -0.25) is 0 Å². The van der Waals surface area contributed by atoms with E-state index in [-0.39, 0.29) is 34.1 Å². The molecule has 0 unspecified atom stereocenters. The van der Waals surface area contributed by atoms with Gasteiger partial charge in [0, 0.05) is 47.0 Å². The van der Waals surface area contributed by atoms with Gasteiger partial charge in [-0.15, -0.1) is 0 Å². The van der Waals surface area contributed by atoms with E-state index in [9.17, 15) is 29.4 Å². The van der Waals surface area contributed by atoms with Crippen LogP contribution in [0.4, 0.5) is 32.3 Å². The lowest BCUT2D eigenvalue weighted by Gasteiger charge is -2.11. The number of phenolic OH excluding ortho intramolecular Hbond substituents is 2. The van der Waals surface area contributed by atoms with Crippen LogP contribution in [0.25, 0.3) is 0 Å². The first kappa shape index (κ1) is 30.6. The molecule has 46 heavy (non-hydrogen) atoms. The predicted octanol–water partition coefficient (Wildman–Crippen LogP) is 6.82. The fourth-order valence-electron chi connectivity index (χ4n) is 4.13. The number of amides is 4. The van der Waals surface area contributed by atoms with Crippen LogP contribution in [0.1, 0.15) is 20.7 Å². The van der Waals surface area contributed by atoms with Gasteiger partial charge in [-0.25, -0.2) is 19.2 Å². The summed E-state index contributed by atoms with van der Waals surface area (Å²) in [6.45, 7) is 0. The largest absolute Gasteiger partial charge is 0.508 e. The van der Waals surface area contributed by atoms with Crippen molar-refractivity contribution in [3.8, 4) is 23.0 Å². The van der Waals surface area contributed by atoms with Gasteiger partial charge >= 0.3 is 24.0 Å². The molecule has 6 N–H and O–H groups in total. The van der Waals surface area contributed by atoms with Gasteiger partial charge in [0.25, 0.3) is 0 Å². The molecule has 12 heteroatoms. The van der Waals surface area contributed by atoms with Gasteiger partial charge < -0.3 is 41.0 Å². The lowest BCUT2D eigenvalue weighted by Crippen LogP contribution is -2.19. The average Bonchev–Trinajstić information content (AvgIpc) is 3.01. The Labute approximate surface area is 262 Å². The van der Waals surface area contributed by atoms with Gasteiger partial charge in [-0.1, -0.05) is 30.3 Å². The third-order valence-corrected chi connectivity index (χ3v) is 6.15. The highest BCUT2D eigenvalue weighted by Crippen LogP contribution is 2.23. The molecule has 5 rings (SSSR count). The number of anilines is 4. The van der Waals surface area contributed by atoms with E-state index in [0.717, 1.165) is 0 Å². The molecule has 0 saturated heterocycles. The topological polar surface area (TPSA) is 175 Å². The minimum atomic E-state index is -0.750. The molecule has 0 spiro atoms. The molecule has 0 saturated carbocycles. The monoisotopic (exact) mass is 618 g/mol. The summed E-state index contributed by atoms with van der Waals surface area (Å²) < 4.78 is 10.9. The van der Waals surface area contributed by atoms with E-state index >= 15 is 0 Å². The van der Waals surface area contributed by atoms with Gasteiger partial charge in [0.05, 0.1) is 11.1 Å². The van der Waals surface area contributed by atoms with Crippen molar-refractivity contribution in [2.75, 3.05) is 21.3 Å². The molecule has 12 nitrogen and oxygen atoms in total. The Hall–Kier alpha value is -6.82. The number of carbonyl (C=O) groups is 4. The lowest BCUT2D eigenvalue weighted by atomic mass is 10.1. The van der Waals surface area contributed by atoms with Crippen LogP contribution in [0.2, 0.25) is 0 Å².